The number of aromatic nitrogens is 4. The number of rotatable bonds is 3. The van der Waals surface area contributed by atoms with Crippen LogP contribution in [-0.4, -0.2) is 39.2 Å². The summed E-state index contributed by atoms with van der Waals surface area (Å²) in [7, 11) is 3.56. The van der Waals surface area contributed by atoms with Crippen LogP contribution in [0.15, 0.2) is 49.1 Å². The lowest BCUT2D eigenvalue weighted by Gasteiger charge is -2.32. The second-order valence-corrected chi connectivity index (χ2v) is 7.96. The molecular weight excluding hydrogens is 388 g/mol. The molecule has 3 aromatic heterocycles. The van der Waals surface area contributed by atoms with Gasteiger partial charge in [0.2, 0.25) is 0 Å². The molecule has 1 N–H and O–H groups in total. The predicted octanol–water partition coefficient (Wildman–Crippen LogP) is 3.78. The number of hydrogen-bond donors (Lipinski definition) is 1. The Hall–Kier alpha value is -3.74. The van der Waals surface area contributed by atoms with Crippen molar-refractivity contribution in [2.75, 3.05) is 18.5 Å². The lowest BCUT2D eigenvalue weighted by molar-refractivity contribution is 0.0958. The summed E-state index contributed by atoms with van der Waals surface area (Å²) in [5.74, 6) is 0.598. The van der Waals surface area contributed by atoms with E-state index in [2.05, 4.69) is 39.4 Å². The van der Waals surface area contributed by atoms with Gasteiger partial charge in [0.1, 0.15) is 11.5 Å². The van der Waals surface area contributed by atoms with E-state index in [-0.39, 0.29) is 5.91 Å². The highest BCUT2D eigenvalue weighted by Crippen LogP contribution is 2.39. The van der Waals surface area contributed by atoms with E-state index < -0.39 is 0 Å². The van der Waals surface area contributed by atoms with E-state index in [4.69, 9.17) is 4.98 Å². The number of carbonyl (C=O) groups is 1. The number of nitrogens with zero attached hydrogens (tertiary/aromatic N) is 5. The van der Waals surface area contributed by atoms with Crippen LogP contribution in [0, 0.1) is 6.92 Å². The van der Waals surface area contributed by atoms with Crippen molar-refractivity contribution in [1.29, 1.82) is 0 Å². The molecule has 1 aliphatic heterocycles. The summed E-state index contributed by atoms with van der Waals surface area (Å²) in [5, 5.41) is 8.91. The molecular formula is C24H24N6O. The Labute approximate surface area is 180 Å². The normalized spacial score (nSPS) is 13.3. The minimum Gasteiger partial charge on any atom is -0.354 e. The summed E-state index contributed by atoms with van der Waals surface area (Å²) < 4.78 is 1.83. The zero-order valence-corrected chi connectivity index (χ0v) is 17.9. The molecule has 0 atom stereocenters. The minimum atomic E-state index is -0.202. The first-order valence-corrected chi connectivity index (χ1v) is 10.4. The van der Waals surface area contributed by atoms with Crippen LogP contribution in [0.3, 0.4) is 0 Å². The largest absolute Gasteiger partial charge is 0.354 e. The van der Waals surface area contributed by atoms with E-state index in [1.54, 1.807) is 25.5 Å². The van der Waals surface area contributed by atoms with Gasteiger partial charge in [-0.3, -0.25) is 14.5 Å². The molecule has 1 aromatic carbocycles. The molecule has 5 rings (SSSR count). The van der Waals surface area contributed by atoms with Gasteiger partial charge in [-0.1, -0.05) is 0 Å². The molecule has 0 spiro atoms. The van der Waals surface area contributed by atoms with Crippen LogP contribution in [0.2, 0.25) is 0 Å². The monoisotopic (exact) mass is 412 g/mol. The summed E-state index contributed by atoms with van der Waals surface area (Å²) in [6, 6.07) is 8.28. The van der Waals surface area contributed by atoms with Crippen molar-refractivity contribution in [2.24, 2.45) is 7.05 Å². The van der Waals surface area contributed by atoms with Gasteiger partial charge in [0, 0.05) is 61.3 Å². The molecule has 0 radical (unpaired) electrons. The van der Waals surface area contributed by atoms with Gasteiger partial charge in [-0.25, -0.2) is 4.98 Å². The van der Waals surface area contributed by atoms with Crippen molar-refractivity contribution in [3.63, 3.8) is 0 Å². The minimum absolute atomic E-state index is 0.202. The first-order valence-electron chi connectivity index (χ1n) is 10.4. The number of pyridine rings is 2. The van der Waals surface area contributed by atoms with Crippen molar-refractivity contribution < 1.29 is 4.79 Å². The third-order valence-electron chi connectivity index (χ3n) is 5.89. The highest BCUT2D eigenvalue weighted by molar-refractivity contribution is 6.01. The molecule has 31 heavy (non-hydrogen) atoms. The third kappa shape index (κ3) is 3.32. The van der Waals surface area contributed by atoms with Crippen molar-refractivity contribution in [1.82, 2.24) is 25.1 Å². The third-order valence-corrected chi connectivity index (χ3v) is 5.89. The fourth-order valence-electron chi connectivity index (χ4n) is 4.36. The molecule has 0 unspecified atom stereocenters. The first kappa shape index (κ1) is 19.2. The molecule has 1 amide bonds. The molecule has 0 saturated heterocycles. The van der Waals surface area contributed by atoms with Gasteiger partial charge in [-0.15, -0.1) is 0 Å². The topological polar surface area (TPSA) is 75.9 Å². The SMILES string of the molecule is CNC(=O)c1cc2cnccc2c(N2CCCc3cc(-c4cnn(C)c4)c(C)cc32)n1. The van der Waals surface area contributed by atoms with E-state index in [9.17, 15) is 4.79 Å². The predicted molar refractivity (Wildman–Crippen MR) is 122 cm³/mol. The fourth-order valence-corrected chi connectivity index (χ4v) is 4.36. The van der Waals surface area contributed by atoms with Gasteiger partial charge in [-0.2, -0.15) is 5.10 Å². The summed E-state index contributed by atoms with van der Waals surface area (Å²) in [6.07, 6.45) is 9.53. The van der Waals surface area contributed by atoms with E-state index in [0.717, 1.165) is 47.2 Å². The van der Waals surface area contributed by atoms with E-state index >= 15 is 0 Å². The van der Waals surface area contributed by atoms with Gasteiger partial charge in [0.25, 0.3) is 5.91 Å². The van der Waals surface area contributed by atoms with Crippen LogP contribution in [0.4, 0.5) is 11.5 Å². The van der Waals surface area contributed by atoms with Crippen molar-refractivity contribution >= 4 is 28.2 Å². The quantitative estimate of drug-likeness (QED) is 0.554. The number of carbonyl (C=O) groups excluding carboxylic acids is 1. The molecule has 0 bridgehead atoms. The maximum absolute atomic E-state index is 12.4. The number of nitrogens with one attached hydrogen (secondary N) is 1. The number of hydrogen-bond acceptors (Lipinski definition) is 5. The Bertz CT molecular complexity index is 1310. The van der Waals surface area contributed by atoms with Crippen molar-refractivity contribution in [2.45, 2.75) is 19.8 Å². The Kier molecular flexibility index (Phi) is 4.66. The second-order valence-electron chi connectivity index (χ2n) is 7.96. The molecule has 1 aliphatic rings. The van der Waals surface area contributed by atoms with Gasteiger partial charge < -0.3 is 10.2 Å². The Morgan fingerprint density at radius 1 is 1.19 bits per heavy atom. The van der Waals surface area contributed by atoms with Gasteiger partial charge in [0.05, 0.1) is 6.20 Å². The standard InChI is InChI=1S/C24H24N6O/c1-15-9-22-16(10-20(15)18-13-27-29(3)14-18)5-4-8-30(22)23-19-6-7-26-12-17(19)11-21(28-23)24(31)25-2/h6-7,9-14H,4-5,8H2,1-3H3,(H,25,31). The lowest BCUT2D eigenvalue weighted by atomic mass is 9.93. The maximum atomic E-state index is 12.4. The molecule has 7 nitrogen and oxygen atoms in total. The zero-order chi connectivity index (χ0) is 21.5. The average Bonchev–Trinajstić information content (AvgIpc) is 3.23. The molecule has 4 heterocycles. The number of aryl methyl sites for hydroxylation is 3. The first-order chi connectivity index (χ1) is 15.0. The zero-order valence-electron chi connectivity index (χ0n) is 17.9. The van der Waals surface area contributed by atoms with Crippen LogP contribution in [0.1, 0.15) is 28.0 Å². The smallest absolute Gasteiger partial charge is 0.269 e. The van der Waals surface area contributed by atoms with E-state index in [1.165, 1.54) is 16.7 Å². The van der Waals surface area contributed by atoms with Crippen LogP contribution in [0.5, 0.6) is 0 Å². The lowest BCUT2D eigenvalue weighted by Crippen LogP contribution is -2.27. The molecule has 0 fully saturated rings. The van der Waals surface area contributed by atoms with Crippen LogP contribution >= 0.6 is 0 Å². The summed E-state index contributed by atoms with van der Waals surface area (Å²) in [4.78, 5) is 23.6. The highest BCUT2D eigenvalue weighted by atomic mass is 16.1. The Balaban J connectivity index is 1.68. The molecule has 0 aliphatic carbocycles. The van der Waals surface area contributed by atoms with E-state index in [1.807, 2.05) is 30.2 Å². The number of amides is 1. The number of benzene rings is 1. The van der Waals surface area contributed by atoms with Gasteiger partial charge in [-0.05, 0) is 60.7 Å². The molecule has 4 aromatic rings. The van der Waals surface area contributed by atoms with Crippen LogP contribution in [0.25, 0.3) is 21.9 Å². The highest BCUT2D eigenvalue weighted by Gasteiger charge is 2.24. The van der Waals surface area contributed by atoms with Gasteiger partial charge >= 0.3 is 0 Å². The van der Waals surface area contributed by atoms with Crippen molar-refractivity contribution in [3.05, 3.63) is 65.9 Å². The number of fused-ring (bicyclic) bond motifs is 2. The number of anilines is 2. The fraction of sp³-hybridized carbons (Fsp3) is 0.250. The van der Waals surface area contributed by atoms with Gasteiger partial charge in [0.15, 0.2) is 0 Å². The average molecular weight is 412 g/mol. The summed E-state index contributed by atoms with van der Waals surface area (Å²) in [5.41, 5.74) is 6.34. The molecule has 0 saturated carbocycles. The molecule has 7 heteroatoms. The van der Waals surface area contributed by atoms with E-state index in [0.29, 0.717) is 5.69 Å². The summed E-state index contributed by atoms with van der Waals surface area (Å²) >= 11 is 0. The Morgan fingerprint density at radius 3 is 2.84 bits per heavy atom. The van der Waals surface area contributed by atoms with Crippen molar-refractivity contribution in [3.8, 4) is 11.1 Å². The van der Waals surface area contributed by atoms with Crippen LogP contribution in [-0.2, 0) is 13.5 Å². The van der Waals surface area contributed by atoms with Crippen LogP contribution < -0.4 is 10.2 Å². The summed E-state index contributed by atoms with van der Waals surface area (Å²) in [6.45, 7) is 2.98. The Morgan fingerprint density at radius 2 is 2.06 bits per heavy atom. The maximum Gasteiger partial charge on any atom is 0.269 e. The molecule has 156 valence electrons. The second kappa shape index (κ2) is 7.50.